The van der Waals surface area contributed by atoms with Crippen molar-refractivity contribution in [1.82, 2.24) is 19.7 Å². The standard InChI is InChI=1S/C20H22N4O2S/c1-14-7-9-16(10-8-14)24-18(15-6-5-11-21-12-15)22-23-19(24)27-13-17(25)26-20(2,3)4/h5-12H,13H2,1-4H3. The molecule has 2 aromatic heterocycles. The van der Waals surface area contributed by atoms with E-state index in [-0.39, 0.29) is 11.7 Å². The molecular formula is C20H22N4O2S. The van der Waals surface area contributed by atoms with Crippen molar-refractivity contribution in [1.29, 1.82) is 0 Å². The van der Waals surface area contributed by atoms with E-state index in [2.05, 4.69) is 15.2 Å². The molecule has 6 nitrogen and oxygen atoms in total. The lowest BCUT2D eigenvalue weighted by Gasteiger charge is -2.19. The van der Waals surface area contributed by atoms with Crippen molar-refractivity contribution in [3.63, 3.8) is 0 Å². The van der Waals surface area contributed by atoms with Crippen molar-refractivity contribution in [3.05, 3.63) is 54.4 Å². The third kappa shape index (κ3) is 4.95. The van der Waals surface area contributed by atoms with Crippen LogP contribution in [0, 0.1) is 6.92 Å². The number of thioether (sulfide) groups is 1. The van der Waals surface area contributed by atoms with E-state index in [1.54, 1.807) is 12.4 Å². The fraction of sp³-hybridized carbons (Fsp3) is 0.300. The van der Waals surface area contributed by atoms with E-state index in [4.69, 9.17) is 4.74 Å². The van der Waals surface area contributed by atoms with Crippen LogP contribution in [0.1, 0.15) is 26.3 Å². The summed E-state index contributed by atoms with van der Waals surface area (Å²) in [5.41, 5.74) is 2.44. The molecule has 7 heteroatoms. The quantitative estimate of drug-likeness (QED) is 0.489. The Balaban J connectivity index is 1.93. The van der Waals surface area contributed by atoms with Gasteiger partial charge < -0.3 is 4.74 Å². The van der Waals surface area contributed by atoms with Gasteiger partial charge in [-0.2, -0.15) is 0 Å². The second kappa shape index (κ2) is 7.92. The third-order valence-electron chi connectivity index (χ3n) is 3.58. The normalized spacial score (nSPS) is 11.4. The summed E-state index contributed by atoms with van der Waals surface area (Å²) in [7, 11) is 0. The largest absolute Gasteiger partial charge is 0.459 e. The molecule has 0 spiro atoms. The Kier molecular flexibility index (Phi) is 5.60. The van der Waals surface area contributed by atoms with Gasteiger partial charge in [-0.1, -0.05) is 29.5 Å². The van der Waals surface area contributed by atoms with Crippen molar-refractivity contribution in [2.24, 2.45) is 0 Å². The van der Waals surface area contributed by atoms with Gasteiger partial charge in [0.1, 0.15) is 5.60 Å². The van der Waals surface area contributed by atoms with E-state index in [0.29, 0.717) is 11.0 Å². The fourth-order valence-corrected chi connectivity index (χ4v) is 3.19. The number of benzene rings is 1. The maximum Gasteiger partial charge on any atom is 0.316 e. The van der Waals surface area contributed by atoms with Crippen molar-refractivity contribution in [3.8, 4) is 17.1 Å². The number of pyridine rings is 1. The fourth-order valence-electron chi connectivity index (χ4n) is 2.47. The lowest BCUT2D eigenvalue weighted by molar-refractivity contribution is -0.151. The van der Waals surface area contributed by atoms with Gasteiger partial charge in [-0.25, -0.2) is 0 Å². The minimum Gasteiger partial charge on any atom is -0.459 e. The number of aromatic nitrogens is 4. The van der Waals surface area contributed by atoms with Crippen LogP contribution in [0.15, 0.2) is 53.9 Å². The first-order valence-corrected chi connectivity index (χ1v) is 9.59. The zero-order chi connectivity index (χ0) is 19.4. The number of hydrogen-bond acceptors (Lipinski definition) is 6. The summed E-state index contributed by atoms with van der Waals surface area (Å²) in [6, 6.07) is 11.9. The van der Waals surface area contributed by atoms with Crippen LogP contribution in [0.5, 0.6) is 0 Å². The van der Waals surface area contributed by atoms with Crippen LogP contribution in [-0.2, 0) is 9.53 Å². The van der Waals surface area contributed by atoms with Crippen molar-refractivity contribution >= 4 is 17.7 Å². The molecule has 27 heavy (non-hydrogen) atoms. The number of hydrogen-bond donors (Lipinski definition) is 0. The number of esters is 1. The highest BCUT2D eigenvalue weighted by molar-refractivity contribution is 7.99. The summed E-state index contributed by atoms with van der Waals surface area (Å²) in [5, 5.41) is 9.27. The molecule has 0 N–H and O–H groups in total. The van der Waals surface area contributed by atoms with Gasteiger partial charge in [-0.3, -0.25) is 14.3 Å². The van der Waals surface area contributed by atoms with E-state index in [9.17, 15) is 4.79 Å². The van der Waals surface area contributed by atoms with Crippen LogP contribution in [0.3, 0.4) is 0 Å². The van der Waals surface area contributed by atoms with Crippen LogP contribution < -0.4 is 0 Å². The maximum absolute atomic E-state index is 12.1. The monoisotopic (exact) mass is 382 g/mol. The van der Waals surface area contributed by atoms with E-state index in [0.717, 1.165) is 16.8 Å². The SMILES string of the molecule is Cc1ccc(-n2c(SCC(=O)OC(C)(C)C)nnc2-c2cccnc2)cc1. The van der Waals surface area contributed by atoms with E-state index >= 15 is 0 Å². The molecule has 3 rings (SSSR count). The molecule has 0 saturated heterocycles. The molecule has 2 heterocycles. The minimum atomic E-state index is -0.511. The summed E-state index contributed by atoms with van der Waals surface area (Å²) in [4.78, 5) is 16.3. The first-order chi connectivity index (χ1) is 12.8. The van der Waals surface area contributed by atoms with Gasteiger partial charge in [0.15, 0.2) is 11.0 Å². The molecule has 0 aliphatic rings. The number of carbonyl (C=O) groups is 1. The first kappa shape index (κ1) is 19.1. The lowest BCUT2D eigenvalue weighted by atomic mass is 10.2. The number of ether oxygens (including phenoxy) is 1. The summed E-state index contributed by atoms with van der Waals surface area (Å²) < 4.78 is 7.32. The summed E-state index contributed by atoms with van der Waals surface area (Å²) in [6.07, 6.45) is 3.46. The summed E-state index contributed by atoms with van der Waals surface area (Å²) >= 11 is 1.30. The molecule has 3 aromatic rings. The zero-order valence-electron chi connectivity index (χ0n) is 15.8. The summed E-state index contributed by atoms with van der Waals surface area (Å²) in [5.74, 6) is 0.557. The Labute approximate surface area is 163 Å². The molecule has 0 atom stereocenters. The Bertz CT molecular complexity index is 915. The minimum absolute atomic E-state index is 0.161. The first-order valence-electron chi connectivity index (χ1n) is 8.61. The smallest absolute Gasteiger partial charge is 0.316 e. The van der Waals surface area contributed by atoms with Crippen molar-refractivity contribution in [2.75, 3.05) is 5.75 Å². The van der Waals surface area contributed by atoms with Crippen molar-refractivity contribution < 1.29 is 9.53 Å². The van der Waals surface area contributed by atoms with Gasteiger partial charge in [-0.05, 0) is 52.0 Å². The van der Waals surface area contributed by atoms with E-state index in [1.165, 1.54) is 11.8 Å². The van der Waals surface area contributed by atoms with Gasteiger partial charge in [0, 0.05) is 23.6 Å². The molecule has 140 valence electrons. The molecule has 0 unspecified atom stereocenters. The average molecular weight is 382 g/mol. The summed E-state index contributed by atoms with van der Waals surface area (Å²) in [6.45, 7) is 7.59. The third-order valence-corrected chi connectivity index (χ3v) is 4.49. The Morgan fingerprint density at radius 2 is 1.89 bits per heavy atom. The molecule has 0 aliphatic carbocycles. The van der Waals surface area contributed by atoms with Gasteiger partial charge in [0.25, 0.3) is 0 Å². The number of rotatable bonds is 5. The number of carbonyl (C=O) groups excluding carboxylic acids is 1. The predicted molar refractivity (Wildman–Crippen MR) is 106 cm³/mol. The molecule has 0 radical (unpaired) electrons. The van der Waals surface area contributed by atoms with Gasteiger partial charge in [0.2, 0.25) is 0 Å². The Morgan fingerprint density at radius 3 is 2.52 bits per heavy atom. The molecule has 0 fully saturated rings. The lowest BCUT2D eigenvalue weighted by Crippen LogP contribution is -2.25. The highest BCUT2D eigenvalue weighted by Crippen LogP contribution is 2.28. The molecule has 0 aliphatic heterocycles. The van der Waals surface area contributed by atoms with Crippen LogP contribution in [0.25, 0.3) is 17.1 Å². The zero-order valence-corrected chi connectivity index (χ0v) is 16.7. The average Bonchev–Trinajstić information content (AvgIpc) is 3.04. The van der Waals surface area contributed by atoms with Crippen LogP contribution in [0.4, 0.5) is 0 Å². The highest BCUT2D eigenvalue weighted by Gasteiger charge is 2.20. The van der Waals surface area contributed by atoms with Gasteiger partial charge in [-0.15, -0.1) is 10.2 Å². The number of aryl methyl sites for hydroxylation is 1. The van der Waals surface area contributed by atoms with Gasteiger partial charge >= 0.3 is 5.97 Å². The highest BCUT2D eigenvalue weighted by atomic mass is 32.2. The van der Waals surface area contributed by atoms with E-state index < -0.39 is 5.60 Å². The molecular weight excluding hydrogens is 360 g/mol. The van der Waals surface area contributed by atoms with Gasteiger partial charge in [0.05, 0.1) is 5.75 Å². The maximum atomic E-state index is 12.1. The van der Waals surface area contributed by atoms with Crippen LogP contribution >= 0.6 is 11.8 Å². The number of nitrogens with zero attached hydrogens (tertiary/aromatic N) is 4. The predicted octanol–water partition coefficient (Wildman–Crippen LogP) is 4.07. The van der Waals surface area contributed by atoms with Crippen LogP contribution in [0.2, 0.25) is 0 Å². The topological polar surface area (TPSA) is 69.9 Å². The second-order valence-corrected chi connectivity index (χ2v) is 8.04. The molecule has 0 amide bonds. The van der Waals surface area contributed by atoms with Crippen molar-refractivity contribution in [2.45, 2.75) is 38.5 Å². The van der Waals surface area contributed by atoms with E-state index in [1.807, 2.05) is 68.7 Å². The van der Waals surface area contributed by atoms with Crippen LogP contribution in [-0.4, -0.2) is 37.1 Å². The molecule has 1 aromatic carbocycles. The molecule has 0 bridgehead atoms. The Hall–Kier alpha value is -2.67. The Morgan fingerprint density at radius 1 is 1.15 bits per heavy atom. The molecule has 0 saturated carbocycles. The second-order valence-electron chi connectivity index (χ2n) is 7.09.